The molecule has 0 N–H and O–H groups in total. The van der Waals surface area contributed by atoms with Crippen LogP contribution in [-0.4, -0.2) is 25.1 Å². The van der Waals surface area contributed by atoms with Gasteiger partial charge in [0.2, 0.25) is 0 Å². The summed E-state index contributed by atoms with van der Waals surface area (Å²) in [6, 6.07) is 18.6. The number of ether oxygens (including phenoxy) is 1. The van der Waals surface area contributed by atoms with Gasteiger partial charge in [0.15, 0.2) is 0 Å². The molecule has 2 aromatic rings. The van der Waals surface area contributed by atoms with Gasteiger partial charge in [-0.25, -0.2) is 0 Å². The molecule has 0 amide bonds. The van der Waals surface area contributed by atoms with Crippen LogP contribution in [-0.2, 0) is 0 Å². The Morgan fingerprint density at radius 2 is 1.96 bits per heavy atom. The number of fused-ring (bicyclic) bond motifs is 3. The van der Waals surface area contributed by atoms with Crippen LogP contribution in [0.15, 0.2) is 48.5 Å². The Balaban J connectivity index is 1.84. The Morgan fingerprint density at radius 3 is 2.70 bits per heavy atom. The highest BCUT2D eigenvalue weighted by Crippen LogP contribution is 2.57. The van der Waals surface area contributed by atoms with Gasteiger partial charge in [0.25, 0.3) is 0 Å². The van der Waals surface area contributed by atoms with E-state index in [1.165, 1.54) is 0 Å². The van der Waals surface area contributed by atoms with Crippen LogP contribution in [0.25, 0.3) is 0 Å². The molecule has 0 unspecified atom stereocenters. The number of rotatable bonds is 1. The fourth-order valence-corrected chi connectivity index (χ4v) is 4.26. The maximum Gasteiger partial charge on any atom is 0.124 e. The van der Waals surface area contributed by atoms with Crippen molar-refractivity contribution in [1.82, 2.24) is 4.90 Å². The zero-order chi connectivity index (χ0) is 16.0. The lowest BCUT2D eigenvalue weighted by atomic mass is 9.69. The van der Waals surface area contributed by atoms with E-state index < -0.39 is 5.41 Å². The first-order valence-corrected chi connectivity index (χ1v) is 8.12. The van der Waals surface area contributed by atoms with Crippen molar-refractivity contribution in [2.24, 2.45) is 5.41 Å². The van der Waals surface area contributed by atoms with Crippen LogP contribution >= 0.6 is 11.6 Å². The molecule has 4 rings (SSSR count). The predicted molar refractivity (Wildman–Crippen MR) is 89.5 cm³/mol. The molecular weight excluding hydrogens is 308 g/mol. The van der Waals surface area contributed by atoms with Crippen LogP contribution in [0, 0.1) is 16.7 Å². The second kappa shape index (κ2) is 5.26. The minimum atomic E-state index is -0.572. The lowest BCUT2D eigenvalue weighted by Crippen LogP contribution is -2.40. The molecule has 4 heteroatoms. The number of likely N-dealkylation sites (N-methyl/N-ethyl adjacent to an activating group) is 1. The number of hydrogen-bond acceptors (Lipinski definition) is 3. The highest BCUT2D eigenvalue weighted by atomic mass is 35.5. The maximum atomic E-state index is 10.1. The number of para-hydroxylation sites is 1. The number of likely N-dealkylation sites (tertiary alicyclic amines) is 1. The van der Waals surface area contributed by atoms with Gasteiger partial charge in [0.1, 0.15) is 17.8 Å². The average molecular weight is 325 g/mol. The summed E-state index contributed by atoms with van der Waals surface area (Å²) in [6.45, 7) is 1.25. The van der Waals surface area contributed by atoms with Crippen molar-refractivity contribution in [3.8, 4) is 11.8 Å². The van der Waals surface area contributed by atoms with Crippen LogP contribution in [0.1, 0.15) is 23.1 Å². The van der Waals surface area contributed by atoms with Crippen LogP contribution < -0.4 is 4.74 Å². The van der Waals surface area contributed by atoms with Gasteiger partial charge in [0.05, 0.1) is 12.1 Å². The van der Waals surface area contributed by atoms with E-state index in [-0.39, 0.29) is 12.0 Å². The summed E-state index contributed by atoms with van der Waals surface area (Å²) in [5, 5.41) is 10.8. The van der Waals surface area contributed by atoms with E-state index in [1.54, 1.807) is 0 Å². The zero-order valence-electron chi connectivity index (χ0n) is 12.9. The number of nitriles is 1. The molecule has 2 aromatic carbocycles. The highest BCUT2D eigenvalue weighted by Gasteiger charge is 2.58. The van der Waals surface area contributed by atoms with Crippen LogP contribution in [0.4, 0.5) is 0 Å². The van der Waals surface area contributed by atoms with Crippen molar-refractivity contribution in [2.45, 2.75) is 12.0 Å². The SMILES string of the molecule is CN1C[C@@H](c2ccc(Cl)cc2)[C@@]2(C#N)COc3ccccc3[C@@H]12. The summed E-state index contributed by atoms with van der Waals surface area (Å²) in [4.78, 5) is 2.28. The molecule has 0 saturated carbocycles. The quantitative estimate of drug-likeness (QED) is 0.795. The molecule has 0 spiro atoms. The standard InChI is InChI=1S/C19H17ClN2O/c1-22-10-16(13-6-8-14(20)9-7-13)19(11-21)12-23-17-5-3-2-4-15(17)18(19)22/h2-9,16,18H,10,12H2,1H3/t16-,18+,19+/m0/s1. The Hall–Kier alpha value is -2.02. The van der Waals surface area contributed by atoms with Gasteiger partial charge in [0, 0.05) is 23.0 Å². The van der Waals surface area contributed by atoms with E-state index in [0.29, 0.717) is 11.6 Å². The first-order valence-electron chi connectivity index (χ1n) is 7.74. The third-order valence-corrected chi connectivity index (χ3v) is 5.43. The first kappa shape index (κ1) is 14.6. The molecule has 0 aliphatic carbocycles. The summed E-state index contributed by atoms with van der Waals surface area (Å²) in [7, 11) is 2.09. The second-order valence-corrected chi connectivity index (χ2v) is 6.86. The second-order valence-electron chi connectivity index (χ2n) is 6.42. The van der Waals surface area contributed by atoms with E-state index in [4.69, 9.17) is 16.3 Å². The summed E-state index contributed by atoms with van der Waals surface area (Å²) >= 11 is 6.02. The highest BCUT2D eigenvalue weighted by molar-refractivity contribution is 6.30. The topological polar surface area (TPSA) is 36.3 Å². The third kappa shape index (κ3) is 2.06. The third-order valence-electron chi connectivity index (χ3n) is 5.18. The van der Waals surface area contributed by atoms with Crippen molar-refractivity contribution in [3.63, 3.8) is 0 Å². The van der Waals surface area contributed by atoms with Crippen molar-refractivity contribution in [1.29, 1.82) is 5.26 Å². The van der Waals surface area contributed by atoms with Crippen molar-refractivity contribution < 1.29 is 4.74 Å². The monoisotopic (exact) mass is 324 g/mol. The van der Waals surface area contributed by atoms with Crippen LogP contribution in [0.3, 0.4) is 0 Å². The number of nitrogens with zero attached hydrogens (tertiary/aromatic N) is 2. The lowest BCUT2D eigenvalue weighted by Gasteiger charge is -2.39. The molecule has 0 bridgehead atoms. The lowest BCUT2D eigenvalue weighted by molar-refractivity contribution is 0.107. The average Bonchev–Trinajstić information content (AvgIpc) is 2.89. The molecule has 2 heterocycles. The summed E-state index contributed by atoms with van der Waals surface area (Å²) in [5.74, 6) is 1.00. The predicted octanol–water partition coefficient (Wildman–Crippen LogP) is 4.01. The molecule has 1 saturated heterocycles. The molecule has 1 fully saturated rings. The minimum absolute atomic E-state index is 0.0538. The van der Waals surface area contributed by atoms with E-state index >= 15 is 0 Å². The molecular formula is C19H17ClN2O. The molecule has 3 nitrogen and oxygen atoms in total. The Bertz CT molecular complexity index is 783. The fraction of sp³-hybridized carbons (Fsp3) is 0.316. The van der Waals surface area contributed by atoms with Gasteiger partial charge in [-0.3, -0.25) is 4.90 Å². The molecule has 116 valence electrons. The molecule has 0 radical (unpaired) electrons. The van der Waals surface area contributed by atoms with Crippen LogP contribution in [0.5, 0.6) is 5.75 Å². The van der Waals surface area contributed by atoms with E-state index in [0.717, 1.165) is 23.4 Å². The van der Waals surface area contributed by atoms with Crippen molar-refractivity contribution in [2.75, 3.05) is 20.2 Å². The minimum Gasteiger partial charge on any atom is -0.491 e. The molecule has 23 heavy (non-hydrogen) atoms. The zero-order valence-corrected chi connectivity index (χ0v) is 13.6. The van der Waals surface area contributed by atoms with Gasteiger partial charge in [-0.1, -0.05) is 41.9 Å². The Kier molecular flexibility index (Phi) is 3.33. The smallest absolute Gasteiger partial charge is 0.124 e. The number of benzene rings is 2. The summed E-state index contributed by atoms with van der Waals surface area (Å²) < 4.78 is 5.98. The number of hydrogen-bond donors (Lipinski definition) is 0. The molecule has 3 atom stereocenters. The molecule has 2 aliphatic heterocycles. The van der Waals surface area contributed by atoms with E-state index in [1.807, 2.05) is 42.5 Å². The number of halogens is 1. The summed E-state index contributed by atoms with van der Waals surface area (Å²) in [5.41, 5.74) is 1.68. The van der Waals surface area contributed by atoms with Crippen molar-refractivity contribution in [3.05, 3.63) is 64.7 Å². The fourth-order valence-electron chi connectivity index (χ4n) is 4.14. The van der Waals surface area contributed by atoms with E-state index in [9.17, 15) is 5.26 Å². The normalized spacial score (nSPS) is 29.3. The molecule has 0 aromatic heterocycles. The van der Waals surface area contributed by atoms with Gasteiger partial charge in [-0.15, -0.1) is 0 Å². The Labute approximate surface area is 141 Å². The summed E-state index contributed by atoms with van der Waals surface area (Å²) in [6.07, 6.45) is 0. The maximum absolute atomic E-state index is 10.1. The van der Waals surface area contributed by atoms with Crippen LogP contribution in [0.2, 0.25) is 5.02 Å². The van der Waals surface area contributed by atoms with Gasteiger partial charge in [-0.2, -0.15) is 5.26 Å². The largest absolute Gasteiger partial charge is 0.491 e. The molecule has 2 aliphatic rings. The van der Waals surface area contributed by atoms with Gasteiger partial charge >= 0.3 is 0 Å². The van der Waals surface area contributed by atoms with Gasteiger partial charge < -0.3 is 4.74 Å². The van der Waals surface area contributed by atoms with Gasteiger partial charge in [-0.05, 0) is 30.8 Å². The first-order chi connectivity index (χ1) is 11.2. The van der Waals surface area contributed by atoms with E-state index in [2.05, 4.69) is 24.1 Å². The van der Waals surface area contributed by atoms with Crippen molar-refractivity contribution >= 4 is 11.6 Å². The Morgan fingerprint density at radius 1 is 1.22 bits per heavy atom.